The minimum absolute atomic E-state index is 0.0500. The molecule has 1 atom stereocenters. The Morgan fingerprint density at radius 3 is 2.28 bits per heavy atom. The van der Waals surface area contributed by atoms with Gasteiger partial charge in [0.2, 0.25) is 11.8 Å². The van der Waals surface area contributed by atoms with E-state index in [4.69, 9.17) is 23.2 Å². The van der Waals surface area contributed by atoms with E-state index in [2.05, 4.69) is 5.32 Å². The molecule has 1 unspecified atom stereocenters. The lowest BCUT2D eigenvalue weighted by atomic mass is 10.1. The second-order valence-corrected chi connectivity index (χ2v) is 12.7. The van der Waals surface area contributed by atoms with Crippen molar-refractivity contribution in [1.82, 2.24) is 10.2 Å². The van der Waals surface area contributed by atoms with Crippen molar-refractivity contribution in [3.05, 3.63) is 70.2 Å². The van der Waals surface area contributed by atoms with Crippen LogP contribution >= 0.6 is 23.2 Å². The van der Waals surface area contributed by atoms with Crippen LogP contribution in [-0.2, 0) is 26.2 Å². The van der Waals surface area contributed by atoms with Crippen molar-refractivity contribution < 1.29 is 18.0 Å². The van der Waals surface area contributed by atoms with Crippen LogP contribution < -0.4 is 9.62 Å². The molecular weight excluding hydrogens is 557 g/mol. The summed E-state index contributed by atoms with van der Waals surface area (Å²) in [5, 5.41) is 5.31. The third-order valence-electron chi connectivity index (χ3n) is 6.89. The molecule has 0 spiro atoms. The van der Waals surface area contributed by atoms with Gasteiger partial charge in [0.25, 0.3) is 10.0 Å². The molecule has 0 fully saturated rings. The zero-order valence-corrected chi connectivity index (χ0v) is 24.6. The first-order chi connectivity index (χ1) is 18.6. The van der Waals surface area contributed by atoms with Gasteiger partial charge >= 0.3 is 0 Å². The fourth-order valence-electron chi connectivity index (χ4n) is 4.91. The minimum atomic E-state index is -3.72. The van der Waals surface area contributed by atoms with E-state index in [-0.39, 0.29) is 48.6 Å². The van der Waals surface area contributed by atoms with Gasteiger partial charge in [0.1, 0.15) is 6.04 Å². The fourth-order valence-corrected chi connectivity index (χ4v) is 7.18. The Balaban J connectivity index is 1.54. The highest BCUT2D eigenvalue weighted by Crippen LogP contribution is 2.42. The molecule has 1 N–H and O–H groups in total. The van der Waals surface area contributed by atoms with Gasteiger partial charge in [-0.2, -0.15) is 0 Å². The Morgan fingerprint density at radius 2 is 1.64 bits per heavy atom. The summed E-state index contributed by atoms with van der Waals surface area (Å²) >= 11 is 12.8. The summed E-state index contributed by atoms with van der Waals surface area (Å²) in [6.45, 7) is 6.54. The number of halogens is 2. The van der Waals surface area contributed by atoms with E-state index < -0.39 is 16.1 Å². The number of benzene rings is 3. The Bertz CT molecular complexity index is 1470. The molecule has 0 saturated carbocycles. The Morgan fingerprint density at radius 1 is 1.00 bits per heavy atom. The zero-order chi connectivity index (χ0) is 28.3. The van der Waals surface area contributed by atoms with Gasteiger partial charge in [-0.05, 0) is 48.4 Å². The molecule has 208 valence electrons. The summed E-state index contributed by atoms with van der Waals surface area (Å²) in [6.07, 6.45) is 0.725. The van der Waals surface area contributed by atoms with Gasteiger partial charge in [-0.25, -0.2) is 8.42 Å². The molecule has 1 heterocycles. The molecule has 39 heavy (non-hydrogen) atoms. The number of hydrogen-bond donors (Lipinski definition) is 1. The lowest BCUT2D eigenvalue weighted by molar-refractivity contribution is -0.141. The SMILES string of the molecule is CCC(C(=O)NCC(C)C)N(Cc1c(Cl)cccc1Cl)C(=O)CCCN1c2cccc3cccc(c23)S1(=O)=O. The predicted molar refractivity (Wildman–Crippen MR) is 157 cm³/mol. The largest absolute Gasteiger partial charge is 0.354 e. The molecule has 1 aliphatic rings. The lowest BCUT2D eigenvalue weighted by Crippen LogP contribution is -2.49. The molecule has 0 saturated heterocycles. The molecule has 4 rings (SSSR count). The number of sulfonamides is 1. The molecule has 0 bridgehead atoms. The standard InChI is InChI=1S/C29H33Cl2N3O4S/c1-4-24(29(36)32-17-19(2)3)33(18-21-22(30)11-7-12-23(21)31)27(35)15-8-16-34-25-13-5-9-20-10-6-14-26(28(20)25)39(34,37)38/h5-7,9-14,19,24H,4,8,15-18H2,1-3H3,(H,32,36). The number of carbonyl (C=O) groups excluding carboxylic acids is 2. The van der Waals surface area contributed by atoms with Crippen LogP contribution in [0.5, 0.6) is 0 Å². The van der Waals surface area contributed by atoms with Crippen LogP contribution in [0.25, 0.3) is 10.8 Å². The normalized spacial score (nSPS) is 14.6. The highest BCUT2D eigenvalue weighted by molar-refractivity contribution is 7.93. The average Bonchev–Trinajstić information content (AvgIpc) is 3.12. The molecule has 3 aromatic carbocycles. The van der Waals surface area contributed by atoms with Crippen molar-refractivity contribution >= 4 is 61.5 Å². The molecule has 2 amide bonds. The summed E-state index contributed by atoms with van der Waals surface area (Å²) in [7, 11) is -3.72. The molecule has 0 aromatic heterocycles. The summed E-state index contributed by atoms with van der Waals surface area (Å²) < 4.78 is 28.0. The Hall–Kier alpha value is -2.81. The monoisotopic (exact) mass is 589 g/mol. The van der Waals surface area contributed by atoms with E-state index >= 15 is 0 Å². The number of carbonyl (C=O) groups is 2. The van der Waals surface area contributed by atoms with Crippen LogP contribution in [-0.4, -0.2) is 44.3 Å². The smallest absolute Gasteiger partial charge is 0.265 e. The van der Waals surface area contributed by atoms with Crippen molar-refractivity contribution in [1.29, 1.82) is 0 Å². The number of hydrogen-bond acceptors (Lipinski definition) is 4. The van der Waals surface area contributed by atoms with Crippen LogP contribution in [0.2, 0.25) is 10.0 Å². The second-order valence-electron chi connectivity index (χ2n) is 10.1. The third-order valence-corrected chi connectivity index (χ3v) is 9.46. The van der Waals surface area contributed by atoms with Crippen LogP contribution in [0.1, 0.15) is 45.6 Å². The topological polar surface area (TPSA) is 86.8 Å². The second kappa shape index (κ2) is 12.1. The van der Waals surface area contributed by atoms with E-state index in [0.717, 1.165) is 5.39 Å². The minimum Gasteiger partial charge on any atom is -0.354 e. The molecule has 0 radical (unpaired) electrons. The summed E-state index contributed by atoms with van der Waals surface area (Å²) in [6, 6.07) is 15.1. The van der Waals surface area contributed by atoms with Crippen LogP contribution in [0.3, 0.4) is 0 Å². The van der Waals surface area contributed by atoms with Gasteiger partial charge in [-0.1, -0.05) is 74.3 Å². The quantitative estimate of drug-likeness (QED) is 0.296. The van der Waals surface area contributed by atoms with Crippen LogP contribution in [0.15, 0.2) is 59.5 Å². The molecule has 0 aliphatic carbocycles. The molecule has 10 heteroatoms. The zero-order valence-electron chi connectivity index (χ0n) is 22.3. The van der Waals surface area contributed by atoms with Gasteiger partial charge in [0.05, 0.1) is 10.6 Å². The molecule has 1 aliphatic heterocycles. The summed E-state index contributed by atoms with van der Waals surface area (Å²) in [5.74, 6) is -0.263. The first-order valence-electron chi connectivity index (χ1n) is 13.1. The van der Waals surface area contributed by atoms with E-state index in [0.29, 0.717) is 39.6 Å². The maximum atomic E-state index is 13.6. The molecule has 7 nitrogen and oxygen atoms in total. The number of rotatable bonds is 11. The van der Waals surface area contributed by atoms with Crippen molar-refractivity contribution in [2.45, 2.75) is 57.5 Å². The number of nitrogens with zero attached hydrogens (tertiary/aromatic N) is 2. The van der Waals surface area contributed by atoms with Gasteiger partial charge in [0, 0.05) is 47.1 Å². The summed E-state index contributed by atoms with van der Waals surface area (Å²) in [5.41, 5.74) is 1.18. The van der Waals surface area contributed by atoms with E-state index in [1.165, 1.54) is 9.21 Å². The highest BCUT2D eigenvalue weighted by Gasteiger charge is 2.36. The number of amides is 2. The van der Waals surface area contributed by atoms with Crippen LogP contribution in [0, 0.1) is 5.92 Å². The summed E-state index contributed by atoms with van der Waals surface area (Å²) in [4.78, 5) is 28.6. The van der Waals surface area contributed by atoms with Crippen molar-refractivity contribution in [3.63, 3.8) is 0 Å². The van der Waals surface area contributed by atoms with Gasteiger partial charge in [0.15, 0.2) is 0 Å². The third kappa shape index (κ3) is 6.03. The highest BCUT2D eigenvalue weighted by atomic mass is 35.5. The van der Waals surface area contributed by atoms with Gasteiger partial charge in [-0.15, -0.1) is 0 Å². The lowest BCUT2D eigenvalue weighted by Gasteiger charge is -2.31. The maximum absolute atomic E-state index is 13.6. The maximum Gasteiger partial charge on any atom is 0.265 e. The van der Waals surface area contributed by atoms with Crippen molar-refractivity contribution in [3.8, 4) is 0 Å². The van der Waals surface area contributed by atoms with Crippen LogP contribution in [0.4, 0.5) is 5.69 Å². The van der Waals surface area contributed by atoms with Gasteiger partial charge < -0.3 is 10.2 Å². The first kappa shape index (κ1) is 29.2. The van der Waals surface area contributed by atoms with E-state index in [9.17, 15) is 18.0 Å². The Labute approximate surface area is 240 Å². The predicted octanol–water partition coefficient (Wildman–Crippen LogP) is 6.02. The number of nitrogens with one attached hydrogen (secondary N) is 1. The van der Waals surface area contributed by atoms with Crippen molar-refractivity contribution in [2.24, 2.45) is 5.92 Å². The fraction of sp³-hybridized carbons (Fsp3) is 0.379. The van der Waals surface area contributed by atoms with E-state index in [1.807, 2.05) is 39.0 Å². The van der Waals surface area contributed by atoms with Gasteiger partial charge in [-0.3, -0.25) is 13.9 Å². The number of anilines is 1. The van der Waals surface area contributed by atoms with E-state index in [1.54, 1.807) is 36.4 Å². The van der Waals surface area contributed by atoms with Crippen molar-refractivity contribution in [2.75, 3.05) is 17.4 Å². The Kier molecular flexibility index (Phi) is 9.09. The molecule has 3 aromatic rings. The first-order valence-corrected chi connectivity index (χ1v) is 15.3. The molecular formula is C29H33Cl2N3O4S. The average molecular weight is 591 g/mol.